The van der Waals surface area contributed by atoms with Crippen LogP contribution < -0.4 is 4.74 Å². The molecule has 2 fully saturated rings. The third kappa shape index (κ3) is 7.81. The molecule has 1 aromatic heterocycles. The number of fused-ring (bicyclic) bond motifs is 1. The number of aliphatic carboxylic acids is 1. The average molecular weight is 700 g/mol. The molecule has 2 aliphatic heterocycles. The Bertz CT molecular complexity index is 1560. The van der Waals surface area contributed by atoms with E-state index < -0.39 is 80.6 Å². The first-order valence-corrected chi connectivity index (χ1v) is 15.1. The molecule has 3 aromatic rings. The summed E-state index contributed by atoms with van der Waals surface area (Å²) in [6, 6.07) is 11.9. The fraction of sp³-hybridized carbons (Fsp3) is 0.484. The van der Waals surface area contributed by atoms with Gasteiger partial charge in [-0.3, -0.25) is 14.2 Å². The number of carbonyl (C=O) groups is 2. The number of carbonyl (C=O) groups excluding carboxylic acids is 1. The molecule has 2 aromatic carbocycles. The van der Waals surface area contributed by atoms with Crippen LogP contribution >= 0.6 is 11.6 Å². The van der Waals surface area contributed by atoms with Crippen LogP contribution in [-0.4, -0.2) is 144 Å². The predicted octanol–water partition coefficient (Wildman–Crippen LogP) is -1.47. The molecule has 17 heteroatoms. The molecule has 0 radical (unpaired) electrons. The number of benzene rings is 2. The molecular weight excluding hydrogens is 662 g/mol. The highest BCUT2D eigenvalue weighted by Crippen LogP contribution is 2.31. The Morgan fingerprint density at radius 3 is 2.08 bits per heavy atom. The van der Waals surface area contributed by atoms with E-state index in [2.05, 4.69) is 0 Å². The molecule has 2 saturated heterocycles. The van der Waals surface area contributed by atoms with Gasteiger partial charge >= 0.3 is 5.97 Å². The van der Waals surface area contributed by atoms with Crippen molar-refractivity contribution in [3.05, 3.63) is 64.3 Å². The number of methoxy groups -OCH3 is 1. The summed E-state index contributed by atoms with van der Waals surface area (Å²) in [6.45, 7) is 0.404. The van der Waals surface area contributed by atoms with Gasteiger partial charge in [0.1, 0.15) is 54.6 Å². The number of halogens is 1. The Kier molecular flexibility index (Phi) is 12.5. The van der Waals surface area contributed by atoms with Gasteiger partial charge in [-0.1, -0.05) is 11.6 Å². The van der Waals surface area contributed by atoms with E-state index in [1.165, 1.54) is 4.57 Å². The van der Waals surface area contributed by atoms with E-state index in [9.17, 15) is 50.4 Å². The lowest BCUT2D eigenvalue weighted by atomic mass is 9.97. The first kappa shape index (κ1) is 37.6. The number of hydrogen-bond acceptors (Lipinski definition) is 14. The molecule has 0 spiro atoms. The first-order valence-electron chi connectivity index (χ1n) is 14.7. The van der Waals surface area contributed by atoms with E-state index in [0.717, 1.165) is 0 Å². The number of aliphatic hydroxyl groups is 8. The SMILES string of the molecule is COc1ccc2c(c1)c(CC(=O)O)c(C)n2C(=O)c1ccc(Cl)cc1.OC[C@H]1O[C@@H](O[C@H]2[C@H](O)[C@@H](O)[C@H](O)O[C@@H]2CO)[C@H](O)[C@@H](O)[C@H]1O. The predicted molar refractivity (Wildman–Crippen MR) is 164 cm³/mol. The molecule has 5 rings (SSSR count). The molecule has 10 atom stereocenters. The topological polar surface area (TPSA) is 258 Å². The maximum atomic E-state index is 13.0. The van der Waals surface area contributed by atoms with E-state index in [0.29, 0.717) is 38.5 Å². The zero-order valence-electron chi connectivity index (χ0n) is 25.7. The van der Waals surface area contributed by atoms with Crippen molar-refractivity contribution < 1.29 is 74.5 Å². The molecule has 0 unspecified atom stereocenters. The number of ether oxygens (including phenoxy) is 4. The number of aromatic nitrogens is 1. The Morgan fingerprint density at radius 1 is 0.854 bits per heavy atom. The van der Waals surface area contributed by atoms with Gasteiger partial charge in [-0.2, -0.15) is 0 Å². The van der Waals surface area contributed by atoms with Crippen LogP contribution in [0.3, 0.4) is 0 Å². The van der Waals surface area contributed by atoms with E-state index in [1.807, 2.05) is 0 Å². The van der Waals surface area contributed by atoms with Crippen LogP contribution in [0.2, 0.25) is 5.02 Å². The Labute approximate surface area is 278 Å². The minimum atomic E-state index is -1.74. The molecular formula is C31H38ClNO15. The van der Waals surface area contributed by atoms with E-state index >= 15 is 0 Å². The highest BCUT2D eigenvalue weighted by molar-refractivity contribution is 6.30. The van der Waals surface area contributed by atoms with Crippen molar-refractivity contribution in [2.24, 2.45) is 0 Å². The molecule has 3 heterocycles. The van der Waals surface area contributed by atoms with E-state index in [4.69, 9.17) is 35.7 Å². The van der Waals surface area contributed by atoms with Gasteiger partial charge in [0.25, 0.3) is 5.91 Å². The Hall–Kier alpha value is -3.23. The second-order valence-corrected chi connectivity index (χ2v) is 11.6. The smallest absolute Gasteiger partial charge is 0.307 e. The summed E-state index contributed by atoms with van der Waals surface area (Å²) in [5.41, 5.74) is 2.32. The Balaban J connectivity index is 0.000000218. The van der Waals surface area contributed by atoms with Gasteiger partial charge in [0.2, 0.25) is 0 Å². The largest absolute Gasteiger partial charge is 0.497 e. The minimum absolute atomic E-state index is 0.170. The molecule has 0 saturated carbocycles. The van der Waals surface area contributed by atoms with Crippen LogP contribution in [-0.2, 0) is 25.4 Å². The van der Waals surface area contributed by atoms with Crippen molar-refractivity contribution in [1.82, 2.24) is 4.57 Å². The van der Waals surface area contributed by atoms with Gasteiger partial charge in [-0.25, -0.2) is 0 Å². The van der Waals surface area contributed by atoms with Gasteiger partial charge < -0.3 is 64.9 Å². The summed E-state index contributed by atoms with van der Waals surface area (Å²) in [4.78, 5) is 24.3. The standard InChI is InChI=1S/C19H16ClNO4.C12H22O11/c1-11-15(10-18(22)23)16-9-14(25-2)7-8-17(16)21(11)19(24)12-3-5-13(20)6-4-12;13-1-3-5(15)6(16)9(19)12(22-3)23-10-4(2-14)21-11(20)8(18)7(10)17/h3-9H,10H2,1-2H3,(H,22,23);3-20H,1-2H2/t;3-,4-,5+,6+,7-,8-,9-,10-,11-,12+/m.1/s1. The number of hydrogen-bond donors (Lipinski definition) is 9. The molecule has 0 bridgehead atoms. The lowest BCUT2D eigenvalue weighted by molar-refractivity contribution is -0.355. The number of nitrogens with zero attached hydrogens (tertiary/aromatic N) is 1. The summed E-state index contributed by atoms with van der Waals surface area (Å²) in [5.74, 6) is -0.583. The molecule has 0 aliphatic carbocycles. The van der Waals surface area contributed by atoms with Crippen LogP contribution in [0.4, 0.5) is 0 Å². The number of aliphatic hydroxyl groups excluding tert-OH is 8. The third-order valence-corrected chi connectivity index (χ3v) is 8.40. The normalized spacial score (nSPS) is 30.4. The maximum Gasteiger partial charge on any atom is 0.307 e. The maximum absolute atomic E-state index is 13.0. The fourth-order valence-corrected chi connectivity index (χ4v) is 5.64. The van der Waals surface area contributed by atoms with Crippen LogP contribution in [0.15, 0.2) is 42.5 Å². The molecule has 2 aliphatic rings. The van der Waals surface area contributed by atoms with Crippen molar-refractivity contribution in [2.75, 3.05) is 20.3 Å². The van der Waals surface area contributed by atoms with Crippen molar-refractivity contribution >= 4 is 34.4 Å². The van der Waals surface area contributed by atoms with Crippen molar-refractivity contribution in [3.63, 3.8) is 0 Å². The van der Waals surface area contributed by atoms with Crippen LogP contribution in [0.5, 0.6) is 5.75 Å². The second-order valence-electron chi connectivity index (χ2n) is 11.2. The first-order chi connectivity index (χ1) is 22.7. The second kappa shape index (κ2) is 16.0. The third-order valence-electron chi connectivity index (χ3n) is 8.14. The van der Waals surface area contributed by atoms with E-state index in [1.54, 1.807) is 56.5 Å². The lowest BCUT2D eigenvalue weighted by Crippen LogP contribution is -2.64. The van der Waals surface area contributed by atoms with E-state index in [-0.39, 0.29) is 12.3 Å². The minimum Gasteiger partial charge on any atom is -0.497 e. The summed E-state index contributed by atoms with van der Waals surface area (Å²) in [6.07, 6.45) is -15.7. The van der Waals surface area contributed by atoms with Crippen molar-refractivity contribution in [1.29, 1.82) is 0 Å². The number of carboxylic acid groups (broad SMARTS) is 1. The van der Waals surface area contributed by atoms with Gasteiger partial charge in [0.15, 0.2) is 12.6 Å². The quantitative estimate of drug-likeness (QED) is 0.130. The van der Waals surface area contributed by atoms with Crippen molar-refractivity contribution in [2.45, 2.75) is 74.8 Å². The zero-order valence-corrected chi connectivity index (χ0v) is 26.5. The summed E-state index contributed by atoms with van der Waals surface area (Å²) >= 11 is 5.89. The van der Waals surface area contributed by atoms with Gasteiger partial charge in [0, 0.05) is 21.7 Å². The molecule has 9 N–H and O–H groups in total. The zero-order chi connectivity index (χ0) is 35.4. The average Bonchev–Trinajstić information content (AvgIpc) is 3.34. The highest BCUT2D eigenvalue weighted by Gasteiger charge is 2.50. The van der Waals surface area contributed by atoms with Gasteiger partial charge in [-0.05, 0) is 55.0 Å². The summed E-state index contributed by atoms with van der Waals surface area (Å²) in [7, 11) is 1.54. The molecule has 48 heavy (non-hydrogen) atoms. The van der Waals surface area contributed by atoms with Crippen LogP contribution in [0.1, 0.15) is 21.6 Å². The van der Waals surface area contributed by atoms with Crippen LogP contribution in [0, 0.1) is 6.92 Å². The molecule has 264 valence electrons. The molecule has 16 nitrogen and oxygen atoms in total. The lowest BCUT2D eigenvalue weighted by Gasteiger charge is -2.45. The van der Waals surface area contributed by atoms with Gasteiger partial charge in [-0.15, -0.1) is 0 Å². The molecule has 0 amide bonds. The number of rotatable bonds is 8. The fourth-order valence-electron chi connectivity index (χ4n) is 5.52. The summed E-state index contributed by atoms with van der Waals surface area (Å²) < 4.78 is 22.0. The highest BCUT2D eigenvalue weighted by atomic mass is 35.5. The number of carboxylic acids is 1. The Morgan fingerprint density at radius 2 is 1.50 bits per heavy atom. The van der Waals surface area contributed by atoms with Crippen LogP contribution in [0.25, 0.3) is 10.9 Å². The van der Waals surface area contributed by atoms with Crippen molar-refractivity contribution in [3.8, 4) is 5.75 Å². The summed E-state index contributed by atoms with van der Waals surface area (Å²) in [5, 5.41) is 87.0. The van der Waals surface area contributed by atoms with Gasteiger partial charge in [0.05, 0.1) is 32.3 Å². The monoisotopic (exact) mass is 699 g/mol.